The van der Waals surface area contributed by atoms with E-state index in [4.69, 9.17) is 0 Å². The van der Waals surface area contributed by atoms with Crippen LogP contribution in [0, 0.1) is 5.92 Å². The molecule has 4 heteroatoms. The summed E-state index contributed by atoms with van der Waals surface area (Å²) in [6.07, 6.45) is 11.0. The van der Waals surface area contributed by atoms with Crippen LogP contribution in [0.25, 0.3) is 0 Å². The highest BCUT2D eigenvalue weighted by Gasteiger charge is 2.34. The van der Waals surface area contributed by atoms with Crippen LogP contribution in [-0.2, 0) is 4.79 Å². The van der Waals surface area contributed by atoms with Gasteiger partial charge in [-0.15, -0.1) is 11.3 Å². The fraction of sp³-hybridized carbons (Fsp3) is 0.750. The van der Waals surface area contributed by atoms with Crippen molar-refractivity contribution in [2.45, 2.75) is 76.7 Å². The maximum Gasteiger partial charge on any atom is 0.311 e. The first kappa shape index (κ1) is 17.9. The number of carboxylic acids is 1. The molecule has 1 saturated carbocycles. The van der Waals surface area contributed by atoms with Crippen LogP contribution in [0.4, 0.5) is 0 Å². The molecule has 1 aliphatic heterocycles. The van der Waals surface area contributed by atoms with Crippen LogP contribution in [-0.4, -0.2) is 29.1 Å². The number of hydrogen-bond donors (Lipinski definition) is 1. The van der Waals surface area contributed by atoms with Gasteiger partial charge in [0.05, 0.1) is 5.92 Å². The molecule has 0 spiro atoms. The van der Waals surface area contributed by atoms with Crippen LogP contribution in [0.3, 0.4) is 0 Å². The summed E-state index contributed by atoms with van der Waals surface area (Å²) >= 11 is 1.76. The fourth-order valence-electron chi connectivity index (χ4n) is 4.63. The standard InChI is InChI=1S/C20H31NO2S/c1-15(21-12-7-2-3-8-13-21)19-17(11-14-24-19)18(20(22)23)16-9-5-4-6-10-16/h11,14-16,18H,2-10,12-13H2,1H3,(H,22,23). The molecule has 24 heavy (non-hydrogen) atoms. The normalized spacial score (nSPS) is 23.5. The zero-order valence-electron chi connectivity index (χ0n) is 14.9. The minimum absolute atomic E-state index is 0.305. The second-order valence-corrected chi connectivity index (χ2v) is 8.53. The zero-order chi connectivity index (χ0) is 16.9. The fourth-order valence-corrected chi connectivity index (χ4v) is 5.67. The number of rotatable bonds is 5. The van der Waals surface area contributed by atoms with E-state index in [9.17, 15) is 9.90 Å². The Morgan fingerprint density at radius 2 is 1.75 bits per heavy atom. The molecule has 2 fully saturated rings. The average molecular weight is 350 g/mol. The van der Waals surface area contributed by atoms with E-state index >= 15 is 0 Å². The van der Waals surface area contributed by atoms with Crippen molar-refractivity contribution in [3.8, 4) is 0 Å². The Morgan fingerprint density at radius 3 is 2.38 bits per heavy atom. The minimum atomic E-state index is -0.621. The molecule has 134 valence electrons. The van der Waals surface area contributed by atoms with Crippen LogP contribution >= 0.6 is 11.3 Å². The van der Waals surface area contributed by atoms with Crippen molar-refractivity contribution in [2.75, 3.05) is 13.1 Å². The van der Waals surface area contributed by atoms with Gasteiger partial charge in [0, 0.05) is 10.9 Å². The largest absolute Gasteiger partial charge is 0.481 e. The summed E-state index contributed by atoms with van der Waals surface area (Å²) in [5.41, 5.74) is 1.11. The molecule has 0 amide bonds. The lowest BCUT2D eigenvalue weighted by Crippen LogP contribution is -2.30. The van der Waals surface area contributed by atoms with Crippen LogP contribution in [0.1, 0.15) is 87.1 Å². The van der Waals surface area contributed by atoms with Crippen molar-refractivity contribution in [2.24, 2.45) is 5.92 Å². The summed E-state index contributed by atoms with van der Waals surface area (Å²) in [6.45, 7) is 4.58. The van der Waals surface area contributed by atoms with Crippen molar-refractivity contribution >= 4 is 17.3 Å². The monoisotopic (exact) mass is 349 g/mol. The van der Waals surface area contributed by atoms with E-state index in [1.807, 2.05) is 0 Å². The zero-order valence-corrected chi connectivity index (χ0v) is 15.7. The van der Waals surface area contributed by atoms with Crippen LogP contribution in [0.2, 0.25) is 0 Å². The Morgan fingerprint density at radius 1 is 1.12 bits per heavy atom. The van der Waals surface area contributed by atoms with E-state index < -0.39 is 5.97 Å². The third kappa shape index (κ3) is 4.02. The molecule has 2 unspecified atom stereocenters. The van der Waals surface area contributed by atoms with E-state index in [1.54, 1.807) is 11.3 Å². The van der Waals surface area contributed by atoms with Crippen molar-refractivity contribution in [1.29, 1.82) is 0 Å². The first-order valence-electron chi connectivity index (χ1n) is 9.72. The maximum atomic E-state index is 12.1. The lowest BCUT2D eigenvalue weighted by molar-refractivity contribution is -0.140. The lowest BCUT2D eigenvalue weighted by atomic mass is 9.76. The molecule has 3 nitrogen and oxygen atoms in total. The molecule has 3 rings (SSSR count). The van der Waals surface area contributed by atoms with Gasteiger partial charge >= 0.3 is 5.97 Å². The van der Waals surface area contributed by atoms with Gasteiger partial charge in [0.2, 0.25) is 0 Å². The van der Waals surface area contributed by atoms with Gasteiger partial charge in [-0.2, -0.15) is 0 Å². The summed E-state index contributed by atoms with van der Waals surface area (Å²) in [5, 5.41) is 12.1. The lowest BCUT2D eigenvalue weighted by Gasteiger charge is -2.31. The van der Waals surface area contributed by atoms with Gasteiger partial charge in [-0.25, -0.2) is 0 Å². The van der Waals surface area contributed by atoms with Gasteiger partial charge in [-0.1, -0.05) is 32.1 Å². The van der Waals surface area contributed by atoms with Gasteiger partial charge < -0.3 is 5.11 Å². The van der Waals surface area contributed by atoms with E-state index in [1.165, 1.54) is 49.8 Å². The second-order valence-electron chi connectivity index (χ2n) is 7.58. The van der Waals surface area contributed by atoms with Crippen LogP contribution in [0.15, 0.2) is 11.4 Å². The number of carboxylic acid groups (broad SMARTS) is 1. The van der Waals surface area contributed by atoms with Gasteiger partial charge in [0.25, 0.3) is 0 Å². The highest BCUT2D eigenvalue weighted by atomic mass is 32.1. The third-order valence-corrected chi connectivity index (χ3v) is 7.12. The number of likely N-dealkylation sites (tertiary alicyclic amines) is 1. The third-order valence-electron chi connectivity index (χ3n) is 6.02. The molecule has 1 aromatic rings. The van der Waals surface area contributed by atoms with Crippen molar-refractivity contribution in [3.63, 3.8) is 0 Å². The van der Waals surface area contributed by atoms with Gasteiger partial charge in [-0.3, -0.25) is 9.69 Å². The summed E-state index contributed by atoms with van der Waals surface area (Å²) in [4.78, 5) is 16.0. The molecule has 2 atom stereocenters. The number of carbonyl (C=O) groups is 1. The summed E-state index contributed by atoms with van der Waals surface area (Å²) < 4.78 is 0. The SMILES string of the molecule is CC(c1sccc1C(C(=O)O)C1CCCCC1)N1CCCCCC1. The maximum absolute atomic E-state index is 12.1. The second kappa shape index (κ2) is 8.48. The Labute approximate surface area is 150 Å². The predicted octanol–water partition coefficient (Wildman–Crippen LogP) is 5.43. The molecular formula is C20H31NO2S. The van der Waals surface area contributed by atoms with Gasteiger partial charge in [-0.05, 0) is 68.6 Å². The highest BCUT2D eigenvalue weighted by molar-refractivity contribution is 7.10. The van der Waals surface area contributed by atoms with E-state index in [2.05, 4.69) is 23.3 Å². The summed E-state index contributed by atoms with van der Waals surface area (Å²) in [5.74, 6) is -0.605. The molecule has 1 N–H and O–H groups in total. The average Bonchev–Trinajstić information content (AvgIpc) is 2.89. The summed E-state index contributed by atoms with van der Waals surface area (Å²) in [6, 6.07) is 2.45. The number of aliphatic carboxylic acids is 1. The number of thiophene rings is 1. The first-order chi connectivity index (χ1) is 11.7. The van der Waals surface area contributed by atoms with E-state index in [0.717, 1.165) is 31.5 Å². The Kier molecular flexibility index (Phi) is 6.34. The molecule has 0 bridgehead atoms. The topological polar surface area (TPSA) is 40.5 Å². The van der Waals surface area contributed by atoms with Crippen LogP contribution in [0.5, 0.6) is 0 Å². The molecular weight excluding hydrogens is 318 g/mol. The van der Waals surface area contributed by atoms with Gasteiger partial charge in [0.15, 0.2) is 0 Å². The van der Waals surface area contributed by atoms with Gasteiger partial charge in [0.1, 0.15) is 0 Å². The van der Waals surface area contributed by atoms with E-state index in [0.29, 0.717) is 12.0 Å². The first-order valence-corrected chi connectivity index (χ1v) is 10.6. The Bertz CT molecular complexity index is 527. The quantitative estimate of drug-likeness (QED) is 0.770. The predicted molar refractivity (Wildman–Crippen MR) is 99.7 cm³/mol. The molecule has 1 aromatic heterocycles. The van der Waals surface area contributed by atoms with E-state index in [-0.39, 0.29) is 5.92 Å². The molecule has 0 aromatic carbocycles. The summed E-state index contributed by atoms with van der Waals surface area (Å²) in [7, 11) is 0. The number of nitrogens with zero attached hydrogens (tertiary/aromatic N) is 1. The molecule has 2 aliphatic rings. The highest BCUT2D eigenvalue weighted by Crippen LogP contribution is 2.42. The molecule has 0 radical (unpaired) electrons. The smallest absolute Gasteiger partial charge is 0.311 e. The van der Waals surface area contributed by atoms with Crippen molar-refractivity contribution < 1.29 is 9.90 Å². The van der Waals surface area contributed by atoms with Crippen molar-refractivity contribution in [1.82, 2.24) is 4.90 Å². The Hall–Kier alpha value is -0.870. The molecule has 1 saturated heterocycles. The minimum Gasteiger partial charge on any atom is -0.481 e. The van der Waals surface area contributed by atoms with Crippen LogP contribution < -0.4 is 0 Å². The van der Waals surface area contributed by atoms with Crippen molar-refractivity contribution in [3.05, 3.63) is 21.9 Å². The number of hydrogen-bond acceptors (Lipinski definition) is 3. The Balaban J connectivity index is 1.82. The molecule has 1 aliphatic carbocycles. The molecule has 2 heterocycles.